The van der Waals surface area contributed by atoms with E-state index in [9.17, 15) is 65.5 Å². The minimum absolute atomic E-state index is 0.332. The number of nitrogens with zero attached hydrogens (tertiary/aromatic N) is 1. The first-order valence-corrected chi connectivity index (χ1v) is 14.2. The Morgan fingerprint density at radius 2 is 1.37 bits per heavy atom. The van der Waals surface area contributed by atoms with Crippen molar-refractivity contribution < 1.29 is 79.9 Å². The van der Waals surface area contributed by atoms with Crippen molar-refractivity contribution in [2.75, 3.05) is 6.54 Å². The highest BCUT2D eigenvalue weighted by molar-refractivity contribution is 6.62. The highest BCUT2D eigenvalue weighted by Crippen LogP contribution is 2.36. The maximum atomic E-state index is 13.9. The maximum absolute atomic E-state index is 13.9. The molecule has 0 saturated carbocycles. The molecule has 3 heterocycles. The van der Waals surface area contributed by atoms with E-state index >= 15 is 0 Å². The zero-order valence-corrected chi connectivity index (χ0v) is 24.6. The number of rotatable bonds is 8. The molecule has 0 aromatic heterocycles. The number of carbonyl (C=O) groups excluding carboxylic acids is 3. The lowest BCUT2D eigenvalue weighted by atomic mass is 9.77. The lowest BCUT2D eigenvalue weighted by Gasteiger charge is -2.26. The Bertz CT molecular complexity index is 1740. The van der Waals surface area contributed by atoms with Gasteiger partial charge in [0, 0.05) is 23.7 Å². The van der Waals surface area contributed by atoms with Gasteiger partial charge in [0.05, 0.1) is 30.8 Å². The summed E-state index contributed by atoms with van der Waals surface area (Å²) in [5.41, 5.74) is -5.46. The van der Waals surface area contributed by atoms with Gasteiger partial charge in [-0.3, -0.25) is 19.2 Å². The van der Waals surface area contributed by atoms with Gasteiger partial charge in [-0.2, -0.15) is 26.3 Å². The topological polar surface area (TPSA) is 212 Å². The average Bonchev–Trinajstić information content (AvgIpc) is 3.71. The van der Waals surface area contributed by atoms with Crippen LogP contribution in [0.4, 0.5) is 26.3 Å². The highest BCUT2D eigenvalue weighted by atomic mass is 19.4. The quantitative estimate of drug-likeness (QED) is 0.149. The third kappa shape index (κ3) is 7.21. The van der Waals surface area contributed by atoms with Crippen molar-refractivity contribution in [3.05, 3.63) is 57.6 Å². The molecule has 2 aromatic rings. The van der Waals surface area contributed by atoms with Crippen LogP contribution in [0.25, 0.3) is 0 Å². The molecule has 0 unspecified atom stereocenters. The van der Waals surface area contributed by atoms with Crippen LogP contribution in [0, 0.1) is 0 Å². The molecule has 1 saturated heterocycles. The van der Waals surface area contributed by atoms with Crippen molar-refractivity contribution in [1.82, 2.24) is 15.5 Å². The number of carboxylic acid groups (broad SMARTS) is 2. The van der Waals surface area contributed by atoms with Gasteiger partial charge in [0.25, 0.3) is 11.8 Å². The third-order valence-electron chi connectivity index (χ3n) is 8.19. The van der Waals surface area contributed by atoms with Gasteiger partial charge in [0.2, 0.25) is 5.91 Å². The number of alkyl halides is 6. The maximum Gasteiger partial charge on any atom is 0.491 e. The van der Waals surface area contributed by atoms with Crippen LogP contribution < -0.4 is 21.6 Å². The number of benzene rings is 2. The molecule has 0 bridgehead atoms. The largest absolute Gasteiger partial charge is 0.491 e. The van der Waals surface area contributed by atoms with Crippen molar-refractivity contribution in [3.8, 4) is 0 Å². The van der Waals surface area contributed by atoms with Gasteiger partial charge in [-0.25, -0.2) is 4.79 Å². The van der Waals surface area contributed by atoms with Crippen LogP contribution in [0.15, 0.2) is 24.3 Å². The van der Waals surface area contributed by atoms with Gasteiger partial charge < -0.3 is 45.1 Å². The first-order chi connectivity index (χ1) is 22.8. The summed E-state index contributed by atoms with van der Waals surface area (Å²) in [5.74, 6) is -7.10. The van der Waals surface area contributed by atoms with E-state index in [1.54, 1.807) is 0 Å². The van der Waals surface area contributed by atoms with Crippen molar-refractivity contribution >= 4 is 54.8 Å². The third-order valence-corrected chi connectivity index (χ3v) is 8.19. The Morgan fingerprint density at radius 1 is 0.857 bits per heavy atom. The van der Waals surface area contributed by atoms with Crippen LogP contribution in [0.2, 0.25) is 0 Å². The number of likely N-dealkylation sites (tertiary alicyclic amines) is 1. The molecular weight excluding hydrogens is 678 g/mol. The molecule has 5 rings (SSSR count). The highest BCUT2D eigenvalue weighted by Gasteiger charge is 2.45. The van der Waals surface area contributed by atoms with E-state index in [0.29, 0.717) is 17.0 Å². The van der Waals surface area contributed by atoms with E-state index < -0.39 is 140 Å². The zero-order chi connectivity index (χ0) is 36.2. The number of aliphatic carboxylic acids is 2. The molecule has 0 aliphatic carbocycles. The standard InChI is InChI=1S/C27H23B2F6N3O11/c30-26(31,32)15-1-10(3-17-13(15)8-48-28(17)46)22(41)36-12-5-20(23(42)37-19(25(44)45)6-21(39)40)38(7-12)24(43)11-2-16(27(33,34)35)14-9-49-29(47)18(14)4-11/h1-4,12,19-20,46-47H,5-9H2,(H,36,41)(H,37,42)(H,39,40)(H,44,45)/t12-,19+,20+/m1/s1. The van der Waals surface area contributed by atoms with Gasteiger partial charge in [-0.1, -0.05) is 0 Å². The molecule has 22 heteroatoms. The number of carbonyl (C=O) groups is 5. The lowest BCUT2D eigenvalue weighted by Crippen LogP contribution is -2.51. The van der Waals surface area contributed by atoms with E-state index in [1.165, 1.54) is 0 Å². The predicted octanol–water partition coefficient (Wildman–Crippen LogP) is -0.783. The van der Waals surface area contributed by atoms with E-state index in [0.717, 1.165) is 12.1 Å². The van der Waals surface area contributed by atoms with Gasteiger partial charge in [0.1, 0.15) is 12.1 Å². The first kappa shape index (κ1) is 35.6. The minimum atomic E-state index is -5.03. The molecule has 3 aliphatic heterocycles. The number of nitrogens with one attached hydrogen (secondary N) is 2. The normalized spacial score (nSPS) is 19.4. The van der Waals surface area contributed by atoms with E-state index in [4.69, 9.17) is 14.4 Å². The van der Waals surface area contributed by atoms with Crippen LogP contribution in [-0.2, 0) is 49.3 Å². The number of carboxylic acids is 2. The molecule has 14 nitrogen and oxygen atoms in total. The number of amides is 3. The summed E-state index contributed by atoms with van der Waals surface area (Å²) in [4.78, 5) is 63.6. The molecular formula is C27H23B2F6N3O11. The fourth-order valence-corrected chi connectivity index (χ4v) is 5.91. The minimum Gasteiger partial charge on any atom is -0.481 e. The fourth-order valence-electron chi connectivity index (χ4n) is 5.91. The van der Waals surface area contributed by atoms with E-state index in [-0.39, 0.29) is 10.9 Å². The molecule has 1 fully saturated rings. The second-order valence-electron chi connectivity index (χ2n) is 11.4. The molecule has 3 aliphatic rings. The van der Waals surface area contributed by atoms with Gasteiger partial charge in [-0.05, 0) is 52.7 Å². The van der Waals surface area contributed by atoms with Gasteiger partial charge in [0.15, 0.2) is 0 Å². The summed E-state index contributed by atoms with van der Waals surface area (Å²) in [6, 6.07) is -2.24. The monoisotopic (exact) mass is 701 g/mol. The van der Waals surface area contributed by atoms with Gasteiger partial charge >= 0.3 is 38.5 Å². The van der Waals surface area contributed by atoms with Crippen LogP contribution in [0.5, 0.6) is 0 Å². The molecule has 49 heavy (non-hydrogen) atoms. The number of hydrogen-bond acceptors (Lipinski definition) is 9. The second kappa shape index (κ2) is 13.0. The van der Waals surface area contributed by atoms with E-state index in [2.05, 4.69) is 5.32 Å². The smallest absolute Gasteiger partial charge is 0.481 e. The van der Waals surface area contributed by atoms with E-state index in [1.807, 2.05) is 5.32 Å². The zero-order valence-electron chi connectivity index (χ0n) is 24.6. The van der Waals surface area contributed by atoms with Crippen molar-refractivity contribution in [2.45, 2.75) is 56.5 Å². The Hall–Kier alpha value is -4.66. The van der Waals surface area contributed by atoms with Gasteiger partial charge in [-0.15, -0.1) is 0 Å². The summed E-state index contributed by atoms with van der Waals surface area (Å²) >= 11 is 0. The van der Waals surface area contributed by atoms with Crippen molar-refractivity contribution in [1.29, 1.82) is 0 Å². The van der Waals surface area contributed by atoms with Crippen LogP contribution in [0.3, 0.4) is 0 Å². The Balaban J connectivity index is 1.48. The van der Waals surface area contributed by atoms with Crippen LogP contribution in [0.1, 0.15) is 55.8 Å². The Labute approximate surface area is 271 Å². The summed E-state index contributed by atoms with van der Waals surface area (Å²) in [7, 11) is -3.61. The second-order valence-corrected chi connectivity index (χ2v) is 11.4. The molecule has 260 valence electrons. The molecule has 6 N–H and O–H groups in total. The first-order valence-electron chi connectivity index (χ1n) is 14.2. The fraction of sp³-hybridized carbons (Fsp3) is 0.370. The Morgan fingerprint density at radius 3 is 1.86 bits per heavy atom. The lowest BCUT2D eigenvalue weighted by molar-refractivity contribution is -0.147. The van der Waals surface area contributed by atoms with Crippen LogP contribution >= 0.6 is 0 Å². The Kier molecular flexibility index (Phi) is 9.45. The summed E-state index contributed by atoms with van der Waals surface area (Å²) in [6.45, 7) is -1.87. The SMILES string of the molecule is O=C(O)C[C@H](NC(=O)[C@@H]1C[C@@H](NC(=O)c2cc3c(c(C(F)(F)F)c2)COB3O)CN1C(=O)c1cc2c(c(C(F)(F)F)c1)COB2O)C(=O)O. The summed E-state index contributed by atoms with van der Waals surface area (Å²) in [5, 5.41) is 42.8. The number of halogens is 6. The molecule has 0 spiro atoms. The van der Waals surface area contributed by atoms with Crippen molar-refractivity contribution in [2.24, 2.45) is 0 Å². The summed E-state index contributed by atoms with van der Waals surface area (Å²) < 4.78 is 92.8. The van der Waals surface area contributed by atoms with Crippen molar-refractivity contribution in [3.63, 3.8) is 0 Å². The number of hydrogen-bond donors (Lipinski definition) is 6. The molecule has 0 radical (unpaired) electrons. The predicted molar refractivity (Wildman–Crippen MR) is 150 cm³/mol. The molecule has 2 aromatic carbocycles. The summed E-state index contributed by atoms with van der Waals surface area (Å²) in [6.07, 6.45) is -11.6. The molecule has 3 amide bonds. The number of fused-ring (bicyclic) bond motifs is 2. The average molecular weight is 701 g/mol. The molecule has 3 atom stereocenters. The van der Waals surface area contributed by atoms with Crippen LogP contribution in [-0.4, -0.2) is 93.7 Å².